The first kappa shape index (κ1) is 39.3. The number of Topliss-reactive ketones (excluding diaryl/α,β-unsaturated/α-hetero) is 2. The number of hydrogen-bond donors (Lipinski definition) is 6. The highest BCUT2D eigenvalue weighted by molar-refractivity contribution is 6.05. The maximum Gasteiger partial charge on any atom is 0.161 e. The summed E-state index contributed by atoms with van der Waals surface area (Å²) in [4.78, 5) is 36.3. The van der Waals surface area contributed by atoms with Crippen molar-refractivity contribution < 1.29 is 29.6 Å². The number of unbranched alkanes of at least 4 members (excludes halogenated alkanes) is 1. The van der Waals surface area contributed by atoms with Gasteiger partial charge in [-0.1, -0.05) is 48.9 Å². The summed E-state index contributed by atoms with van der Waals surface area (Å²) >= 11 is 0. The maximum atomic E-state index is 15.1. The highest BCUT2D eigenvalue weighted by atomic mass is 16.5. The first-order valence-electron chi connectivity index (χ1n) is 21.1. The van der Waals surface area contributed by atoms with Gasteiger partial charge in [-0.15, -0.1) is 0 Å². The van der Waals surface area contributed by atoms with Crippen molar-refractivity contribution >= 4 is 23.5 Å². The van der Waals surface area contributed by atoms with Gasteiger partial charge in [0.15, 0.2) is 17.3 Å². The molecule has 3 aromatic carbocycles. The minimum Gasteiger partial charge on any atom is -0.508 e. The van der Waals surface area contributed by atoms with Crippen LogP contribution in [0.1, 0.15) is 108 Å². The molecule has 0 spiro atoms. The van der Waals surface area contributed by atoms with Crippen LogP contribution in [-0.4, -0.2) is 56.1 Å². The highest BCUT2D eigenvalue weighted by Crippen LogP contribution is 2.44. The summed E-state index contributed by atoms with van der Waals surface area (Å²) in [7, 11) is 0. The predicted octanol–water partition coefficient (Wildman–Crippen LogP) is 8.96. The lowest BCUT2D eigenvalue weighted by Gasteiger charge is -2.34. The zero-order chi connectivity index (χ0) is 40.0. The molecule has 2 aliphatic carbocycles. The minimum absolute atomic E-state index is 0.0436. The number of benzene rings is 3. The SMILES string of the molecule is O=C1CCc2cc(c(O)c(OC3CCCC3)c2)Cc2cccc(c2)Cc2cc[nH]c2NCC2=Cc3[nH]ccc3C(CCCCc3cccc(O)c3)C2C(=O)C1CCO. The largest absolute Gasteiger partial charge is 0.508 e. The summed E-state index contributed by atoms with van der Waals surface area (Å²) in [6.45, 7) is 0.125. The van der Waals surface area contributed by atoms with Gasteiger partial charge in [0.1, 0.15) is 17.4 Å². The molecule has 3 heterocycles. The molecule has 1 aliphatic heterocycles. The van der Waals surface area contributed by atoms with Crippen LogP contribution in [0.2, 0.25) is 0 Å². The molecule has 0 radical (unpaired) electrons. The van der Waals surface area contributed by atoms with Gasteiger partial charge in [-0.3, -0.25) is 9.59 Å². The molecule has 1 fully saturated rings. The Hall–Kier alpha value is -5.54. The molecule has 6 N–H and O–H groups in total. The van der Waals surface area contributed by atoms with E-state index >= 15 is 4.79 Å². The van der Waals surface area contributed by atoms with Crippen molar-refractivity contribution in [3.8, 4) is 17.2 Å². The second-order valence-corrected chi connectivity index (χ2v) is 16.5. The number of aromatic amines is 2. The van der Waals surface area contributed by atoms with Crippen molar-refractivity contribution in [3.05, 3.63) is 135 Å². The standard InChI is InChI=1S/C49H55N3O6/c53-22-19-42-44(55)16-15-34-26-36(47(56)45(28-34)58-39-12-2-3-13-39)25-33-10-5-9-32(23-33)24-35-17-20-51-49(35)52-30-37-29-43-40(18-21-50-43)41(46(37)48(42)57)14-4-1-7-31-8-6-11-38(54)27-31/h5-6,8-11,17-18,20-21,23,26-29,39,41-42,46,50-54,56H,1-4,7,12-16,19,22,24-25,30H2. The maximum absolute atomic E-state index is 15.1. The number of carbonyl (C=O) groups is 2. The van der Waals surface area contributed by atoms with Crippen molar-refractivity contribution in [1.82, 2.24) is 9.97 Å². The van der Waals surface area contributed by atoms with Gasteiger partial charge in [0, 0.05) is 62.0 Å². The molecule has 0 saturated heterocycles. The van der Waals surface area contributed by atoms with E-state index in [2.05, 4.69) is 57.8 Å². The van der Waals surface area contributed by atoms with Crippen molar-refractivity contribution in [3.63, 3.8) is 0 Å². The van der Waals surface area contributed by atoms with Crippen LogP contribution in [0.5, 0.6) is 17.2 Å². The van der Waals surface area contributed by atoms with E-state index in [1.807, 2.05) is 36.7 Å². The molecule has 302 valence electrons. The second-order valence-electron chi connectivity index (χ2n) is 16.5. The van der Waals surface area contributed by atoms with Gasteiger partial charge in [-0.2, -0.15) is 0 Å². The van der Waals surface area contributed by atoms with E-state index in [9.17, 15) is 20.1 Å². The number of anilines is 1. The molecule has 8 rings (SSSR count). The first-order valence-corrected chi connectivity index (χ1v) is 21.1. The number of ether oxygens (including phenoxy) is 1. The van der Waals surface area contributed by atoms with Gasteiger partial charge < -0.3 is 35.3 Å². The fraction of sp³-hybridized carbons (Fsp3) is 0.388. The number of carbonyl (C=O) groups excluding carboxylic acids is 2. The van der Waals surface area contributed by atoms with Crippen LogP contribution in [0.3, 0.4) is 0 Å². The second kappa shape index (κ2) is 17.9. The fourth-order valence-corrected chi connectivity index (χ4v) is 9.55. The molecule has 5 aromatic rings. The number of aryl methyl sites for hydroxylation is 2. The van der Waals surface area contributed by atoms with E-state index in [1.165, 1.54) is 0 Å². The molecule has 1 saturated carbocycles. The highest BCUT2D eigenvalue weighted by Gasteiger charge is 2.41. The van der Waals surface area contributed by atoms with Gasteiger partial charge in [-0.05, 0) is 139 Å². The molecule has 9 nitrogen and oxygen atoms in total. The summed E-state index contributed by atoms with van der Waals surface area (Å²) in [5.74, 6) is -0.313. The van der Waals surface area contributed by atoms with Gasteiger partial charge >= 0.3 is 0 Å². The number of rotatable bonds is 9. The van der Waals surface area contributed by atoms with E-state index in [-0.39, 0.29) is 54.5 Å². The number of aromatic nitrogens is 2. The number of phenols is 2. The smallest absolute Gasteiger partial charge is 0.161 e. The Kier molecular flexibility index (Phi) is 12.2. The van der Waals surface area contributed by atoms with Crippen LogP contribution >= 0.6 is 0 Å². The number of nitrogens with one attached hydrogen (secondary N) is 3. The number of hydrogen-bond acceptors (Lipinski definition) is 7. The van der Waals surface area contributed by atoms with E-state index in [1.54, 1.807) is 12.1 Å². The van der Waals surface area contributed by atoms with Gasteiger partial charge in [-0.25, -0.2) is 0 Å². The molecule has 3 unspecified atom stereocenters. The predicted molar refractivity (Wildman–Crippen MR) is 227 cm³/mol. The Labute approximate surface area is 340 Å². The van der Waals surface area contributed by atoms with E-state index in [4.69, 9.17) is 4.74 Å². The lowest BCUT2D eigenvalue weighted by Crippen LogP contribution is -2.38. The number of aliphatic hydroxyl groups is 1. The Morgan fingerprint density at radius 3 is 2.38 bits per heavy atom. The van der Waals surface area contributed by atoms with Crippen LogP contribution in [0, 0.1) is 11.8 Å². The van der Waals surface area contributed by atoms with Crippen LogP contribution in [-0.2, 0) is 35.3 Å². The van der Waals surface area contributed by atoms with Crippen LogP contribution in [0.25, 0.3) is 6.08 Å². The molecular formula is C49H55N3O6. The van der Waals surface area contributed by atoms with Crippen molar-refractivity contribution in [2.45, 2.75) is 95.5 Å². The lowest BCUT2D eigenvalue weighted by atomic mass is 9.69. The number of fused-ring (bicyclic) bond motifs is 7. The molecular weight excluding hydrogens is 727 g/mol. The van der Waals surface area contributed by atoms with E-state index in [0.29, 0.717) is 31.6 Å². The summed E-state index contributed by atoms with van der Waals surface area (Å²) in [5.41, 5.74) is 8.93. The minimum atomic E-state index is -0.968. The Morgan fingerprint density at radius 2 is 1.57 bits per heavy atom. The average molecular weight is 782 g/mol. The Balaban J connectivity index is 1.14. The van der Waals surface area contributed by atoms with Crippen molar-refractivity contribution in [2.75, 3.05) is 18.5 Å². The quantitative estimate of drug-likeness (QED) is 0.0647. The fourth-order valence-electron chi connectivity index (χ4n) is 9.55. The van der Waals surface area contributed by atoms with Gasteiger partial charge in [0.2, 0.25) is 0 Å². The zero-order valence-corrected chi connectivity index (χ0v) is 33.1. The van der Waals surface area contributed by atoms with Gasteiger partial charge in [0.25, 0.3) is 0 Å². The van der Waals surface area contributed by atoms with Crippen LogP contribution < -0.4 is 10.1 Å². The molecule has 9 heteroatoms. The van der Waals surface area contributed by atoms with Crippen molar-refractivity contribution in [1.29, 1.82) is 0 Å². The van der Waals surface area contributed by atoms with Crippen LogP contribution in [0.15, 0.2) is 90.8 Å². The third-order valence-corrected chi connectivity index (χ3v) is 12.5. The third-order valence-electron chi connectivity index (χ3n) is 12.5. The topological polar surface area (TPSA) is 148 Å². The average Bonchev–Trinajstić information content (AvgIpc) is 4.01. The molecule has 0 amide bonds. The summed E-state index contributed by atoms with van der Waals surface area (Å²) in [5, 5.41) is 35.5. The summed E-state index contributed by atoms with van der Waals surface area (Å²) in [6.07, 6.45) is 15.1. The number of phenolic OH excluding ortho intramolecular Hbond substituents is 2. The third kappa shape index (κ3) is 8.95. The number of ketones is 2. The van der Waals surface area contributed by atoms with Crippen LogP contribution in [0.4, 0.5) is 5.82 Å². The molecule has 3 atom stereocenters. The molecule has 4 bridgehead atoms. The normalized spacial score (nSPS) is 20.2. The summed E-state index contributed by atoms with van der Waals surface area (Å²) < 4.78 is 6.41. The lowest BCUT2D eigenvalue weighted by molar-refractivity contribution is -0.135. The Morgan fingerprint density at radius 1 is 0.776 bits per heavy atom. The summed E-state index contributed by atoms with van der Waals surface area (Å²) in [6, 6.07) is 23.8. The molecule has 58 heavy (non-hydrogen) atoms. The molecule has 3 aliphatic rings. The molecule has 2 aromatic heterocycles. The number of aliphatic hydroxyl groups excluding tert-OH is 1. The van der Waals surface area contributed by atoms with Crippen molar-refractivity contribution in [2.24, 2.45) is 11.8 Å². The zero-order valence-electron chi connectivity index (χ0n) is 33.1. The Bertz CT molecular complexity index is 2260. The number of aromatic hydroxyl groups is 2. The first-order chi connectivity index (χ1) is 28.3. The monoisotopic (exact) mass is 781 g/mol. The number of H-pyrrole nitrogens is 2. The van der Waals surface area contributed by atoms with E-state index in [0.717, 1.165) is 107 Å². The van der Waals surface area contributed by atoms with Gasteiger partial charge in [0.05, 0.1) is 12.0 Å². The van der Waals surface area contributed by atoms with E-state index < -0.39 is 11.8 Å².